The van der Waals surface area contributed by atoms with Gasteiger partial charge in [0.25, 0.3) is 0 Å². The van der Waals surface area contributed by atoms with Crippen LogP contribution in [0.1, 0.15) is 30.5 Å². The second kappa shape index (κ2) is 7.35. The fraction of sp³-hybridized carbons (Fsp3) is 0.600. The van der Waals surface area contributed by atoms with E-state index in [0.717, 1.165) is 16.7 Å². The van der Waals surface area contributed by atoms with Crippen molar-refractivity contribution < 1.29 is 8.42 Å². The Hall–Kier alpha value is -0.950. The lowest BCUT2D eigenvalue weighted by atomic mass is 10.1. The van der Waals surface area contributed by atoms with E-state index in [0.29, 0.717) is 30.6 Å². The minimum Gasteiger partial charge on any atom is -0.326 e. The molecule has 0 aliphatic heterocycles. The van der Waals surface area contributed by atoms with Gasteiger partial charge in [0.15, 0.2) is 0 Å². The van der Waals surface area contributed by atoms with Gasteiger partial charge in [-0.25, -0.2) is 13.1 Å². The molecule has 1 aromatic carbocycles. The Morgan fingerprint density at radius 3 is 2.38 bits per heavy atom. The Morgan fingerprint density at radius 2 is 1.86 bits per heavy atom. The van der Waals surface area contributed by atoms with E-state index < -0.39 is 10.0 Å². The predicted molar refractivity (Wildman–Crippen MR) is 86.8 cm³/mol. The van der Waals surface area contributed by atoms with Crippen LogP contribution in [0.5, 0.6) is 0 Å². The Kier molecular flexibility index (Phi) is 6.34. The molecule has 0 spiro atoms. The third kappa shape index (κ3) is 4.78. The summed E-state index contributed by atoms with van der Waals surface area (Å²) in [6.45, 7) is 9.30. The van der Waals surface area contributed by atoms with Gasteiger partial charge in [-0.3, -0.25) is 0 Å². The smallest absolute Gasteiger partial charge is 0.240 e. The first-order chi connectivity index (χ1) is 9.69. The Morgan fingerprint density at radius 1 is 1.24 bits per heavy atom. The van der Waals surface area contributed by atoms with Gasteiger partial charge in [0.1, 0.15) is 0 Å². The fourth-order valence-electron chi connectivity index (χ4n) is 2.08. The van der Waals surface area contributed by atoms with Crippen LogP contribution in [0.2, 0.25) is 0 Å². The summed E-state index contributed by atoms with van der Waals surface area (Å²) in [5.74, 6) is 0. The number of aryl methyl sites for hydroxylation is 2. The molecule has 0 aliphatic rings. The first kappa shape index (κ1) is 18.1. The van der Waals surface area contributed by atoms with Gasteiger partial charge in [-0.1, -0.05) is 6.07 Å². The van der Waals surface area contributed by atoms with Crippen molar-refractivity contribution >= 4 is 10.0 Å². The number of hydrogen-bond acceptors (Lipinski definition) is 4. The van der Waals surface area contributed by atoms with Crippen molar-refractivity contribution in [2.24, 2.45) is 5.73 Å². The molecule has 0 saturated heterocycles. The third-order valence-corrected chi connectivity index (χ3v) is 5.38. The highest BCUT2D eigenvalue weighted by Crippen LogP contribution is 2.20. The maximum absolute atomic E-state index is 12.4. The number of sulfonamides is 1. The van der Waals surface area contributed by atoms with E-state index in [1.165, 1.54) is 0 Å². The van der Waals surface area contributed by atoms with Gasteiger partial charge >= 0.3 is 0 Å². The van der Waals surface area contributed by atoms with Gasteiger partial charge in [-0.05, 0) is 57.5 Å². The summed E-state index contributed by atoms with van der Waals surface area (Å²) in [5, 5.41) is 0. The minimum atomic E-state index is -3.49. The number of hydrogen-bond donors (Lipinski definition) is 2. The van der Waals surface area contributed by atoms with Crippen molar-refractivity contribution in [1.82, 2.24) is 9.62 Å². The molecule has 0 unspecified atom stereocenters. The van der Waals surface area contributed by atoms with Crippen LogP contribution in [0.4, 0.5) is 0 Å². The van der Waals surface area contributed by atoms with Crippen LogP contribution in [0.25, 0.3) is 0 Å². The molecule has 0 aliphatic carbocycles. The molecule has 6 heteroatoms. The summed E-state index contributed by atoms with van der Waals surface area (Å²) in [6, 6.07) is 3.94. The molecule has 21 heavy (non-hydrogen) atoms. The SMILES string of the molecule is Cc1cc(C)c(S(=O)(=O)NCCN(C)C(C)C)cc1CN. The minimum absolute atomic E-state index is 0.320. The normalized spacial score (nSPS) is 12.4. The number of likely N-dealkylation sites (N-methyl/N-ethyl adjacent to an activating group) is 1. The van der Waals surface area contributed by atoms with Crippen LogP contribution in [-0.2, 0) is 16.6 Å². The molecule has 0 saturated carbocycles. The van der Waals surface area contributed by atoms with Gasteiger partial charge in [0.2, 0.25) is 10.0 Å². The highest BCUT2D eigenvalue weighted by molar-refractivity contribution is 7.89. The molecule has 0 amide bonds. The summed E-state index contributed by atoms with van der Waals surface area (Å²) >= 11 is 0. The molecule has 120 valence electrons. The van der Waals surface area contributed by atoms with Crippen molar-refractivity contribution in [2.75, 3.05) is 20.1 Å². The molecule has 1 rings (SSSR count). The maximum Gasteiger partial charge on any atom is 0.240 e. The van der Waals surface area contributed by atoms with Crippen LogP contribution in [-0.4, -0.2) is 39.5 Å². The van der Waals surface area contributed by atoms with Crippen LogP contribution >= 0.6 is 0 Å². The lowest BCUT2D eigenvalue weighted by Crippen LogP contribution is -2.36. The number of nitrogens with zero attached hydrogens (tertiary/aromatic N) is 1. The van der Waals surface area contributed by atoms with Crippen LogP contribution in [0.3, 0.4) is 0 Å². The molecular formula is C15H27N3O2S. The second-order valence-corrected chi connectivity index (χ2v) is 7.46. The zero-order chi connectivity index (χ0) is 16.2. The predicted octanol–water partition coefficient (Wildman–Crippen LogP) is 1.38. The van der Waals surface area contributed by atoms with E-state index in [9.17, 15) is 8.42 Å². The molecule has 0 bridgehead atoms. The third-order valence-electron chi connectivity index (χ3n) is 3.78. The zero-order valence-electron chi connectivity index (χ0n) is 13.6. The van der Waals surface area contributed by atoms with E-state index in [2.05, 4.69) is 23.5 Å². The van der Waals surface area contributed by atoms with Crippen LogP contribution in [0.15, 0.2) is 17.0 Å². The van der Waals surface area contributed by atoms with Crippen molar-refractivity contribution in [3.05, 3.63) is 28.8 Å². The van der Waals surface area contributed by atoms with E-state index in [1.807, 2.05) is 27.0 Å². The zero-order valence-corrected chi connectivity index (χ0v) is 14.4. The molecule has 0 aromatic heterocycles. The molecule has 3 N–H and O–H groups in total. The van der Waals surface area contributed by atoms with Gasteiger partial charge in [0, 0.05) is 25.7 Å². The maximum atomic E-state index is 12.4. The molecular weight excluding hydrogens is 286 g/mol. The lowest BCUT2D eigenvalue weighted by Gasteiger charge is -2.21. The molecule has 0 fully saturated rings. The Bertz CT molecular complexity index is 583. The van der Waals surface area contributed by atoms with Gasteiger partial charge in [-0.15, -0.1) is 0 Å². The molecule has 1 aromatic rings. The van der Waals surface area contributed by atoms with Gasteiger partial charge < -0.3 is 10.6 Å². The average Bonchev–Trinajstić information content (AvgIpc) is 2.38. The highest BCUT2D eigenvalue weighted by atomic mass is 32.2. The second-order valence-electron chi connectivity index (χ2n) is 5.72. The summed E-state index contributed by atoms with van der Waals surface area (Å²) < 4.78 is 27.5. The largest absolute Gasteiger partial charge is 0.326 e. The summed E-state index contributed by atoms with van der Waals surface area (Å²) in [7, 11) is -1.52. The fourth-order valence-corrected chi connectivity index (χ4v) is 3.37. The summed E-state index contributed by atoms with van der Waals surface area (Å²) in [5.41, 5.74) is 8.29. The van der Waals surface area contributed by atoms with Crippen molar-refractivity contribution in [1.29, 1.82) is 0 Å². The lowest BCUT2D eigenvalue weighted by molar-refractivity contribution is 0.278. The first-order valence-electron chi connectivity index (χ1n) is 7.19. The highest BCUT2D eigenvalue weighted by Gasteiger charge is 2.18. The number of nitrogens with one attached hydrogen (secondary N) is 1. The number of rotatable bonds is 7. The number of benzene rings is 1. The first-order valence-corrected chi connectivity index (χ1v) is 8.67. The Labute approximate surface area is 128 Å². The standard InChI is InChI=1S/C15H27N3O2S/c1-11(2)18(5)7-6-17-21(19,20)15-9-14(10-16)12(3)8-13(15)4/h8-9,11,17H,6-7,10,16H2,1-5H3. The van der Waals surface area contributed by atoms with E-state index in [-0.39, 0.29) is 0 Å². The van der Waals surface area contributed by atoms with E-state index >= 15 is 0 Å². The summed E-state index contributed by atoms with van der Waals surface area (Å²) in [6.07, 6.45) is 0. The molecule has 0 radical (unpaired) electrons. The molecule has 0 atom stereocenters. The van der Waals surface area contributed by atoms with Crippen LogP contribution in [0, 0.1) is 13.8 Å². The van der Waals surface area contributed by atoms with Crippen molar-refractivity contribution in [3.63, 3.8) is 0 Å². The van der Waals surface area contributed by atoms with E-state index in [4.69, 9.17) is 5.73 Å². The topological polar surface area (TPSA) is 75.4 Å². The number of nitrogens with two attached hydrogens (primary N) is 1. The van der Waals surface area contributed by atoms with Crippen molar-refractivity contribution in [3.8, 4) is 0 Å². The van der Waals surface area contributed by atoms with E-state index in [1.54, 1.807) is 6.07 Å². The summed E-state index contributed by atoms with van der Waals surface area (Å²) in [4.78, 5) is 2.41. The molecule has 5 nitrogen and oxygen atoms in total. The molecule has 0 heterocycles. The average molecular weight is 313 g/mol. The monoisotopic (exact) mass is 313 g/mol. The van der Waals surface area contributed by atoms with Crippen molar-refractivity contribution in [2.45, 2.75) is 45.2 Å². The van der Waals surface area contributed by atoms with Gasteiger partial charge in [0.05, 0.1) is 4.90 Å². The quantitative estimate of drug-likeness (QED) is 0.797. The van der Waals surface area contributed by atoms with Crippen LogP contribution < -0.4 is 10.5 Å². The van der Waals surface area contributed by atoms with Gasteiger partial charge in [-0.2, -0.15) is 0 Å². The Balaban J connectivity index is 2.88.